The van der Waals surface area contributed by atoms with Gasteiger partial charge in [0.2, 0.25) is 0 Å². The van der Waals surface area contributed by atoms with Crippen LogP contribution in [0.15, 0.2) is 28.3 Å². The molecule has 3 aromatic heterocycles. The van der Waals surface area contributed by atoms with Crippen LogP contribution in [0.3, 0.4) is 0 Å². The highest BCUT2D eigenvalue weighted by atomic mass is 32.1. The van der Waals surface area contributed by atoms with Crippen LogP contribution in [0.5, 0.6) is 0 Å². The molecule has 0 spiro atoms. The van der Waals surface area contributed by atoms with Crippen LogP contribution in [0.1, 0.15) is 11.4 Å². The molecule has 2 N–H and O–H groups in total. The van der Waals surface area contributed by atoms with Gasteiger partial charge in [-0.05, 0) is 40.9 Å². The van der Waals surface area contributed by atoms with Crippen molar-refractivity contribution in [1.29, 1.82) is 0 Å². The summed E-state index contributed by atoms with van der Waals surface area (Å²) in [4.78, 5) is 12.1. The van der Waals surface area contributed by atoms with E-state index in [4.69, 9.17) is 5.73 Å². The number of nitrogens with two attached hydrogens (primary N) is 1. The highest BCUT2D eigenvalue weighted by Crippen LogP contribution is 2.23. The Kier molecular flexibility index (Phi) is 3.46. The molecule has 6 heteroatoms. The van der Waals surface area contributed by atoms with Crippen LogP contribution in [0.2, 0.25) is 0 Å². The van der Waals surface area contributed by atoms with E-state index in [-0.39, 0.29) is 0 Å². The predicted octanol–water partition coefficient (Wildman–Crippen LogP) is 2.97. The number of aromatic nitrogens is 2. The average Bonchev–Trinajstić information content (AvgIpc) is 2.99. The second-order valence-corrected chi connectivity index (χ2v) is 6.14. The zero-order valence-corrected chi connectivity index (χ0v) is 12.2. The van der Waals surface area contributed by atoms with Crippen LogP contribution < -0.4 is 5.73 Å². The lowest BCUT2D eigenvalue weighted by molar-refractivity contribution is 0.311. The minimum atomic E-state index is 0.574. The van der Waals surface area contributed by atoms with Gasteiger partial charge in [0.05, 0.1) is 11.9 Å². The van der Waals surface area contributed by atoms with E-state index in [2.05, 4.69) is 38.7 Å². The van der Waals surface area contributed by atoms with E-state index in [1.54, 1.807) is 22.7 Å². The molecular formula is C13H14N4S2. The molecule has 19 heavy (non-hydrogen) atoms. The Balaban J connectivity index is 1.77. The van der Waals surface area contributed by atoms with Gasteiger partial charge >= 0.3 is 0 Å². The monoisotopic (exact) mass is 290 g/mol. The number of nitrogen functional groups attached to an aromatic ring is 1. The van der Waals surface area contributed by atoms with Crippen molar-refractivity contribution in [2.75, 3.05) is 12.8 Å². The third-order valence-electron chi connectivity index (χ3n) is 2.84. The molecule has 3 aromatic rings. The maximum atomic E-state index is 5.95. The summed E-state index contributed by atoms with van der Waals surface area (Å²) in [5.74, 6) is 1.36. The molecule has 4 nitrogen and oxygen atoms in total. The fourth-order valence-electron chi connectivity index (χ4n) is 1.99. The number of rotatable bonds is 4. The molecule has 0 saturated heterocycles. The van der Waals surface area contributed by atoms with Crippen LogP contribution in [0.25, 0.3) is 10.2 Å². The Hall–Kier alpha value is -1.50. The number of hydrogen-bond donors (Lipinski definition) is 1. The quantitative estimate of drug-likeness (QED) is 0.802. The Morgan fingerprint density at radius 1 is 1.21 bits per heavy atom. The van der Waals surface area contributed by atoms with E-state index >= 15 is 0 Å². The molecule has 0 radical (unpaired) electrons. The van der Waals surface area contributed by atoms with Gasteiger partial charge < -0.3 is 5.73 Å². The lowest BCUT2D eigenvalue weighted by Crippen LogP contribution is -2.18. The van der Waals surface area contributed by atoms with Gasteiger partial charge in [-0.3, -0.25) is 4.90 Å². The molecule has 0 fully saturated rings. The molecule has 0 unspecified atom stereocenters. The van der Waals surface area contributed by atoms with E-state index in [1.165, 1.54) is 5.56 Å². The smallest absolute Gasteiger partial charge is 0.146 e. The lowest BCUT2D eigenvalue weighted by atomic mass is 10.3. The summed E-state index contributed by atoms with van der Waals surface area (Å²) in [7, 11) is 2.07. The largest absolute Gasteiger partial charge is 0.383 e. The van der Waals surface area contributed by atoms with Gasteiger partial charge in [0.15, 0.2) is 0 Å². The molecule has 0 atom stereocenters. The Morgan fingerprint density at radius 2 is 2.11 bits per heavy atom. The third-order valence-corrected chi connectivity index (χ3v) is 4.38. The highest BCUT2D eigenvalue weighted by Gasteiger charge is 2.09. The Bertz CT molecular complexity index is 675. The summed E-state index contributed by atoms with van der Waals surface area (Å²) in [5, 5.41) is 7.20. The Labute approximate surface area is 119 Å². The van der Waals surface area contributed by atoms with Gasteiger partial charge in [-0.15, -0.1) is 11.3 Å². The number of fused-ring (bicyclic) bond motifs is 1. The lowest BCUT2D eigenvalue weighted by Gasteiger charge is -2.14. The maximum absolute atomic E-state index is 5.95. The molecule has 98 valence electrons. The van der Waals surface area contributed by atoms with Crippen molar-refractivity contribution in [3.63, 3.8) is 0 Å². The average molecular weight is 290 g/mol. The maximum Gasteiger partial charge on any atom is 0.146 e. The van der Waals surface area contributed by atoms with Gasteiger partial charge in [0, 0.05) is 6.54 Å². The molecule has 0 saturated carbocycles. The first-order valence-corrected chi connectivity index (χ1v) is 7.74. The van der Waals surface area contributed by atoms with Crippen molar-refractivity contribution in [2.24, 2.45) is 0 Å². The van der Waals surface area contributed by atoms with Crippen LogP contribution >= 0.6 is 22.7 Å². The number of thiophene rings is 2. The first kappa shape index (κ1) is 12.5. The zero-order valence-electron chi connectivity index (χ0n) is 10.5. The van der Waals surface area contributed by atoms with Crippen molar-refractivity contribution >= 4 is 38.7 Å². The minimum absolute atomic E-state index is 0.574. The topological polar surface area (TPSA) is 55.0 Å². The van der Waals surface area contributed by atoms with Gasteiger partial charge in [-0.1, -0.05) is 0 Å². The first-order valence-electron chi connectivity index (χ1n) is 5.91. The van der Waals surface area contributed by atoms with E-state index in [0.29, 0.717) is 12.4 Å². The van der Waals surface area contributed by atoms with Crippen molar-refractivity contribution in [1.82, 2.24) is 14.9 Å². The minimum Gasteiger partial charge on any atom is -0.383 e. The predicted molar refractivity (Wildman–Crippen MR) is 81.3 cm³/mol. The summed E-state index contributed by atoms with van der Waals surface area (Å²) in [6.45, 7) is 1.60. The Morgan fingerprint density at radius 3 is 2.89 bits per heavy atom. The number of anilines is 1. The molecule has 0 amide bonds. The zero-order chi connectivity index (χ0) is 13.2. The molecule has 3 rings (SSSR count). The fraction of sp³-hybridized carbons (Fsp3) is 0.231. The second kappa shape index (κ2) is 5.24. The molecule has 0 aliphatic rings. The van der Waals surface area contributed by atoms with Gasteiger partial charge in [0.1, 0.15) is 16.5 Å². The summed E-state index contributed by atoms with van der Waals surface area (Å²) < 4.78 is 0. The molecule has 0 aliphatic heterocycles. The van der Waals surface area contributed by atoms with Gasteiger partial charge in [-0.2, -0.15) is 11.3 Å². The molecular weight excluding hydrogens is 276 g/mol. The van der Waals surface area contributed by atoms with Crippen LogP contribution in [0, 0.1) is 0 Å². The first-order chi connectivity index (χ1) is 9.22. The third kappa shape index (κ3) is 2.75. The molecule has 0 bridgehead atoms. The van der Waals surface area contributed by atoms with E-state index in [1.807, 2.05) is 11.4 Å². The SMILES string of the molecule is CN(Cc1ccsc1)Cc1nc(N)c2ccsc2n1. The van der Waals surface area contributed by atoms with Gasteiger partial charge in [0.25, 0.3) is 0 Å². The summed E-state index contributed by atoms with van der Waals surface area (Å²) in [6.07, 6.45) is 0. The molecule has 0 aromatic carbocycles. The van der Waals surface area contributed by atoms with Crippen LogP contribution in [-0.2, 0) is 13.1 Å². The summed E-state index contributed by atoms with van der Waals surface area (Å²) in [6, 6.07) is 4.10. The van der Waals surface area contributed by atoms with E-state index in [0.717, 1.165) is 22.6 Å². The standard InChI is InChI=1S/C13H14N4S2/c1-17(6-9-2-4-18-8-9)7-11-15-12(14)10-3-5-19-13(10)16-11/h2-5,8H,6-7H2,1H3,(H2,14,15,16). The van der Waals surface area contributed by atoms with Crippen molar-refractivity contribution in [3.8, 4) is 0 Å². The molecule has 0 aliphatic carbocycles. The van der Waals surface area contributed by atoms with E-state index < -0.39 is 0 Å². The van der Waals surface area contributed by atoms with Crippen molar-refractivity contribution in [3.05, 3.63) is 39.7 Å². The molecule has 3 heterocycles. The van der Waals surface area contributed by atoms with E-state index in [9.17, 15) is 0 Å². The van der Waals surface area contributed by atoms with Crippen LogP contribution in [-0.4, -0.2) is 21.9 Å². The number of hydrogen-bond acceptors (Lipinski definition) is 6. The highest BCUT2D eigenvalue weighted by molar-refractivity contribution is 7.16. The van der Waals surface area contributed by atoms with Gasteiger partial charge in [-0.25, -0.2) is 9.97 Å². The normalized spacial score (nSPS) is 11.5. The van der Waals surface area contributed by atoms with Crippen LogP contribution in [0.4, 0.5) is 5.82 Å². The number of nitrogens with zero attached hydrogens (tertiary/aromatic N) is 3. The van der Waals surface area contributed by atoms with Crippen molar-refractivity contribution in [2.45, 2.75) is 13.1 Å². The van der Waals surface area contributed by atoms with Crippen molar-refractivity contribution < 1.29 is 0 Å². The summed E-state index contributed by atoms with van der Waals surface area (Å²) in [5.41, 5.74) is 7.27. The second-order valence-electron chi connectivity index (χ2n) is 4.47. The fourth-order valence-corrected chi connectivity index (χ4v) is 3.44. The summed E-state index contributed by atoms with van der Waals surface area (Å²) >= 11 is 3.32.